The molecule has 1 unspecified atom stereocenters. The van der Waals surface area contributed by atoms with Gasteiger partial charge in [-0.25, -0.2) is 4.39 Å². The summed E-state index contributed by atoms with van der Waals surface area (Å²) in [4.78, 5) is 9.37. The van der Waals surface area contributed by atoms with Gasteiger partial charge in [0.1, 0.15) is 5.75 Å². The first kappa shape index (κ1) is 13.4. The molecule has 1 aromatic carbocycles. The number of phenolic OH excluding ortho intramolecular Hbond substituents is 1. The van der Waals surface area contributed by atoms with Crippen molar-refractivity contribution in [1.29, 1.82) is 0 Å². The van der Waals surface area contributed by atoms with E-state index in [4.69, 9.17) is 5.11 Å². The van der Waals surface area contributed by atoms with Gasteiger partial charge in [0.05, 0.1) is 11.0 Å². The quantitative estimate of drug-likeness (QED) is 0.519. The van der Waals surface area contributed by atoms with Crippen LogP contribution in [0.15, 0.2) is 18.2 Å². The number of nitro groups is 1. The van der Waals surface area contributed by atoms with Crippen LogP contribution in [0.3, 0.4) is 0 Å². The average molecular weight is 272 g/mol. The molecule has 0 radical (unpaired) electrons. The van der Waals surface area contributed by atoms with E-state index in [1.54, 1.807) is 0 Å². The molecule has 0 fully saturated rings. The van der Waals surface area contributed by atoms with Gasteiger partial charge < -0.3 is 9.84 Å². The van der Waals surface area contributed by atoms with Gasteiger partial charge in [0.25, 0.3) is 5.63 Å². The van der Waals surface area contributed by atoms with Crippen molar-refractivity contribution in [1.82, 2.24) is 0 Å². The summed E-state index contributed by atoms with van der Waals surface area (Å²) in [5.41, 5.74) is -3.95. The lowest BCUT2D eigenvalue weighted by atomic mass is 10.3. The molecule has 1 aromatic rings. The Balaban J connectivity index is 3.01. The van der Waals surface area contributed by atoms with E-state index in [9.17, 15) is 23.3 Å². The van der Waals surface area contributed by atoms with Crippen LogP contribution in [0.5, 0.6) is 11.5 Å². The molecule has 1 N–H and O–H groups in total. The molecule has 0 saturated heterocycles. The van der Waals surface area contributed by atoms with Crippen LogP contribution in [0.25, 0.3) is 0 Å². The number of hydrogen-bond acceptors (Lipinski definition) is 4. The highest BCUT2D eigenvalue weighted by molar-refractivity contribution is 6.20. The van der Waals surface area contributed by atoms with Crippen LogP contribution in [0.1, 0.15) is 0 Å². The Morgan fingerprint density at radius 1 is 1.53 bits per heavy atom. The van der Waals surface area contributed by atoms with Crippen LogP contribution < -0.4 is 4.74 Å². The Hall–Kier alpha value is -1.70. The predicted molar refractivity (Wildman–Crippen MR) is 51.1 cm³/mol. The Kier molecular flexibility index (Phi) is 3.66. The molecule has 0 bridgehead atoms. The summed E-state index contributed by atoms with van der Waals surface area (Å²) >= 11 is 4.53. The minimum atomic E-state index is -4.33. The second kappa shape index (κ2) is 4.66. The van der Waals surface area contributed by atoms with Crippen LogP contribution >= 0.6 is 11.6 Å². The SMILES string of the molecule is O=[N+]([O-])c1cc(OC(F)(F)C(F)Cl)ccc1O. The second-order valence-electron chi connectivity index (χ2n) is 2.87. The summed E-state index contributed by atoms with van der Waals surface area (Å²) in [6.45, 7) is 0. The number of benzene rings is 1. The Labute approximate surface area is 97.5 Å². The summed E-state index contributed by atoms with van der Waals surface area (Å²) in [6.07, 6.45) is -4.33. The molecule has 0 spiro atoms. The third-order valence-corrected chi connectivity index (χ3v) is 1.91. The first-order valence-electron chi connectivity index (χ1n) is 4.06. The monoisotopic (exact) mass is 271 g/mol. The number of rotatable bonds is 4. The van der Waals surface area contributed by atoms with Crippen LogP contribution in [-0.4, -0.2) is 21.8 Å². The molecule has 0 aliphatic carbocycles. The highest BCUT2D eigenvalue weighted by atomic mass is 35.5. The van der Waals surface area contributed by atoms with E-state index >= 15 is 0 Å². The summed E-state index contributed by atoms with van der Waals surface area (Å²) in [6, 6.07) is 2.11. The minimum Gasteiger partial charge on any atom is -0.502 e. The fourth-order valence-electron chi connectivity index (χ4n) is 0.915. The number of nitro benzene ring substituents is 1. The number of hydrogen-bond donors (Lipinski definition) is 1. The van der Waals surface area contributed by atoms with Gasteiger partial charge >= 0.3 is 11.8 Å². The van der Waals surface area contributed by atoms with E-state index < -0.39 is 33.8 Å². The Morgan fingerprint density at radius 3 is 2.59 bits per heavy atom. The summed E-state index contributed by atoms with van der Waals surface area (Å²) in [5, 5.41) is 19.4. The lowest BCUT2D eigenvalue weighted by Gasteiger charge is -2.17. The maximum Gasteiger partial charge on any atom is 0.444 e. The standard InChI is InChI=1S/C8H5ClF3NO4/c9-7(10)8(11,12)17-4-1-2-6(14)5(3-4)13(15)16/h1-3,7,14H. The molecule has 1 rings (SSSR count). The topological polar surface area (TPSA) is 72.6 Å². The van der Waals surface area contributed by atoms with Gasteiger partial charge in [-0.2, -0.15) is 8.78 Å². The molecule has 0 saturated carbocycles. The van der Waals surface area contributed by atoms with Crippen LogP contribution in [-0.2, 0) is 0 Å². The normalized spacial score (nSPS) is 13.2. The van der Waals surface area contributed by atoms with Gasteiger partial charge in [0, 0.05) is 0 Å². The van der Waals surface area contributed by atoms with Crippen molar-refractivity contribution in [2.45, 2.75) is 11.7 Å². The van der Waals surface area contributed by atoms with Crippen molar-refractivity contribution in [3.63, 3.8) is 0 Å². The lowest BCUT2D eigenvalue weighted by molar-refractivity contribution is -0.386. The number of phenols is 1. The van der Waals surface area contributed by atoms with Gasteiger partial charge in [-0.1, -0.05) is 11.6 Å². The van der Waals surface area contributed by atoms with Crippen molar-refractivity contribution in [2.24, 2.45) is 0 Å². The number of ether oxygens (including phenoxy) is 1. The van der Waals surface area contributed by atoms with Crippen molar-refractivity contribution < 1.29 is 27.9 Å². The molecule has 94 valence electrons. The predicted octanol–water partition coefficient (Wildman–Crippen LogP) is 2.81. The first-order chi connectivity index (χ1) is 7.74. The number of aromatic hydroxyl groups is 1. The van der Waals surface area contributed by atoms with Crippen LogP contribution in [0.4, 0.5) is 18.9 Å². The molecular weight excluding hydrogens is 267 g/mol. The van der Waals surface area contributed by atoms with Gasteiger partial charge in [-0.15, -0.1) is 0 Å². The van der Waals surface area contributed by atoms with Crippen molar-refractivity contribution in [2.75, 3.05) is 0 Å². The van der Waals surface area contributed by atoms with Gasteiger partial charge in [-0.3, -0.25) is 10.1 Å². The third-order valence-electron chi connectivity index (χ3n) is 1.65. The number of nitrogens with zero attached hydrogens (tertiary/aromatic N) is 1. The van der Waals surface area contributed by atoms with E-state index in [1.807, 2.05) is 0 Å². The highest BCUT2D eigenvalue weighted by Crippen LogP contribution is 2.34. The molecule has 0 aromatic heterocycles. The van der Waals surface area contributed by atoms with E-state index in [0.29, 0.717) is 6.07 Å². The molecule has 9 heteroatoms. The van der Waals surface area contributed by atoms with Crippen LogP contribution in [0, 0.1) is 10.1 Å². The third kappa shape index (κ3) is 3.13. The number of halogens is 4. The summed E-state index contributed by atoms with van der Waals surface area (Å²) in [5.74, 6) is -1.42. The fraction of sp³-hybridized carbons (Fsp3) is 0.250. The van der Waals surface area contributed by atoms with Crippen molar-refractivity contribution in [3.8, 4) is 11.5 Å². The minimum absolute atomic E-state index is 0.530. The highest BCUT2D eigenvalue weighted by Gasteiger charge is 2.42. The van der Waals surface area contributed by atoms with Gasteiger partial charge in [0.15, 0.2) is 5.75 Å². The molecule has 0 aliphatic rings. The largest absolute Gasteiger partial charge is 0.502 e. The summed E-state index contributed by atoms with van der Waals surface area (Å²) in [7, 11) is 0. The fourth-order valence-corrected chi connectivity index (χ4v) is 0.959. The molecule has 17 heavy (non-hydrogen) atoms. The van der Waals surface area contributed by atoms with E-state index in [-0.39, 0.29) is 0 Å². The van der Waals surface area contributed by atoms with Gasteiger partial charge in [0.2, 0.25) is 0 Å². The zero-order chi connectivity index (χ0) is 13.2. The molecule has 0 heterocycles. The Morgan fingerprint density at radius 2 is 2.12 bits per heavy atom. The molecular formula is C8H5ClF3NO4. The van der Waals surface area contributed by atoms with Crippen molar-refractivity contribution >= 4 is 17.3 Å². The maximum atomic E-state index is 12.7. The van der Waals surface area contributed by atoms with Crippen LogP contribution in [0.2, 0.25) is 0 Å². The molecule has 0 aliphatic heterocycles. The van der Waals surface area contributed by atoms with E-state index in [2.05, 4.69) is 16.3 Å². The van der Waals surface area contributed by atoms with Gasteiger partial charge in [-0.05, 0) is 12.1 Å². The smallest absolute Gasteiger partial charge is 0.444 e. The molecule has 5 nitrogen and oxygen atoms in total. The maximum absolute atomic E-state index is 12.7. The average Bonchev–Trinajstić information content (AvgIpc) is 2.20. The summed E-state index contributed by atoms with van der Waals surface area (Å²) < 4.78 is 41.5. The van der Waals surface area contributed by atoms with E-state index in [0.717, 1.165) is 12.1 Å². The van der Waals surface area contributed by atoms with E-state index in [1.165, 1.54) is 0 Å². The molecule has 1 atom stereocenters. The number of alkyl halides is 4. The Bertz CT molecular complexity index is 441. The van der Waals surface area contributed by atoms with Crippen molar-refractivity contribution in [3.05, 3.63) is 28.3 Å². The second-order valence-corrected chi connectivity index (χ2v) is 3.26. The zero-order valence-electron chi connectivity index (χ0n) is 7.94. The lowest BCUT2D eigenvalue weighted by Crippen LogP contribution is -2.32. The molecule has 0 amide bonds. The first-order valence-corrected chi connectivity index (χ1v) is 4.50. The zero-order valence-corrected chi connectivity index (χ0v) is 8.70.